The van der Waals surface area contributed by atoms with E-state index < -0.39 is 11.6 Å². The SMILES string of the molecule is C#[N+]C(C)([N+]#C)C(=O)OC. The monoisotopic (exact) mass is 140 g/mol. The van der Waals surface area contributed by atoms with Crippen molar-refractivity contribution in [2.75, 3.05) is 7.11 Å². The summed E-state index contributed by atoms with van der Waals surface area (Å²) in [5.41, 5.74) is -1.46. The molecule has 0 aromatic rings. The van der Waals surface area contributed by atoms with E-state index in [4.69, 9.17) is 13.1 Å². The Kier molecular flexibility index (Phi) is 2.40. The molecule has 4 heteroatoms. The number of carbonyl (C=O) groups excluding carboxylic acids is 1. The van der Waals surface area contributed by atoms with Gasteiger partial charge in [-0.3, -0.25) is 0 Å². The normalized spacial score (nSPS) is 9.20. The van der Waals surface area contributed by atoms with Gasteiger partial charge in [-0.05, 0) is 0 Å². The van der Waals surface area contributed by atoms with Crippen molar-refractivity contribution < 1.29 is 9.53 Å². The summed E-state index contributed by atoms with van der Waals surface area (Å²) in [7, 11) is 1.21. The molecule has 0 bridgehead atoms. The molecule has 4 nitrogen and oxygen atoms in total. The second kappa shape index (κ2) is 2.84. The summed E-state index contributed by atoms with van der Waals surface area (Å²) in [5, 5.41) is 0. The smallest absolute Gasteiger partial charge is 0.456 e. The van der Waals surface area contributed by atoms with E-state index in [-0.39, 0.29) is 0 Å². The fourth-order valence-corrected chi connectivity index (χ4v) is 0.332. The van der Waals surface area contributed by atoms with E-state index in [9.17, 15) is 4.79 Å². The first-order valence-electron chi connectivity index (χ1n) is 2.53. The van der Waals surface area contributed by atoms with Gasteiger partial charge in [0.1, 0.15) is 6.92 Å². The van der Waals surface area contributed by atoms with E-state index in [1.807, 2.05) is 0 Å². The van der Waals surface area contributed by atoms with Gasteiger partial charge >= 0.3 is 11.6 Å². The molecule has 0 rings (SSSR count). The van der Waals surface area contributed by atoms with Gasteiger partial charge in [0.15, 0.2) is 0 Å². The van der Waals surface area contributed by atoms with E-state index in [1.54, 1.807) is 0 Å². The Morgan fingerprint density at radius 2 is 1.90 bits per heavy atom. The van der Waals surface area contributed by atoms with Crippen LogP contribution >= 0.6 is 0 Å². The second-order valence-electron chi connectivity index (χ2n) is 1.77. The van der Waals surface area contributed by atoms with Crippen LogP contribution in [0.2, 0.25) is 0 Å². The Hall–Kier alpha value is -1.55. The first-order valence-corrected chi connectivity index (χ1v) is 2.53. The highest BCUT2D eigenvalue weighted by atomic mass is 16.5. The molecule has 0 spiro atoms. The Labute approximate surface area is 59.0 Å². The lowest BCUT2D eigenvalue weighted by Crippen LogP contribution is -2.28. The van der Waals surface area contributed by atoms with E-state index in [1.165, 1.54) is 14.0 Å². The van der Waals surface area contributed by atoms with Gasteiger partial charge in [-0.2, -0.15) is 0 Å². The molecule has 0 saturated carbocycles. The molecule has 0 N–H and O–H groups in total. The van der Waals surface area contributed by atoms with Crippen molar-refractivity contribution in [2.24, 2.45) is 0 Å². The van der Waals surface area contributed by atoms with E-state index in [0.29, 0.717) is 0 Å². The van der Waals surface area contributed by atoms with E-state index in [2.05, 4.69) is 14.4 Å². The first kappa shape index (κ1) is 8.45. The molecule has 0 aromatic carbocycles. The molecule has 0 aliphatic heterocycles. The minimum Gasteiger partial charge on any atom is -0.456 e. The number of hydrogen-bond donors (Lipinski definition) is 0. The van der Waals surface area contributed by atoms with Crippen molar-refractivity contribution in [1.29, 1.82) is 0 Å². The van der Waals surface area contributed by atoms with Crippen molar-refractivity contribution in [1.82, 2.24) is 0 Å². The van der Waals surface area contributed by atoms with Crippen LogP contribution in [0.1, 0.15) is 6.92 Å². The van der Waals surface area contributed by atoms with Crippen LogP contribution in [0.15, 0.2) is 0 Å². The van der Waals surface area contributed by atoms with Crippen LogP contribution in [0.4, 0.5) is 0 Å². The topological polar surface area (TPSA) is 35.0 Å². The lowest BCUT2D eigenvalue weighted by atomic mass is 10.2. The highest BCUT2D eigenvalue weighted by molar-refractivity contribution is 5.84. The largest absolute Gasteiger partial charge is 0.655 e. The maximum Gasteiger partial charge on any atom is 0.655 e. The number of nitrogens with zero attached hydrogens (tertiary/aromatic N) is 2. The van der Waals surface area contributed by atoms with Crippen molar-refractivity contribution in [2.45, 2.75) is 12.6 Å². The number of methoxy groups -OCH3 is 1. The molecule has 52 valence electrons. The van der Waals surface area contributed by atoms with Gasteiger partial charge in [0.05, 0.1) is 7.11 Å². The van der Waals surface area contributed by atoms with Crippen molar-refractivity contribution in [3.8, 4) is 13.1 Å². The van der Waals surface area contributed by atoms with Crippen LogP contribution in [-0.2, 0) is 9.53 Å². The van der Waals surface area contributed by atoms with Gasteiger partial charge < -0.3 is 4.74 Å². The van der Waals surface area contributed by atoms with Crippen LogP contribution in [-0.4, -0.2) is 18.7 Å². The summed E-state index contributed by atoms with van der Waals surface area (Å²) >= 11 is 0. The summed E-state index contributed by atoms with van der Waals surface area (Å²) in [6, 6.07) is 0. The average molecular weight is 140 g/mol. The van der Waals surface area contributed by atoms with Crippen molar-refractivity contribution in [3.05, 3.63) is 9.69 Å². The third-order valence-corrected chi connectivity index (χ3v) is 1.07. The Balaban J connectivity index is 4.58. The van der Waals surface area contributed by atoms with Gasteiger partial charge in [0.25, 0.3) is 13.1 Å². The average Bonchev–Trinajstić information content (AvgIpc) is 2.01. The standard InChI is InChI=1S/C6H8N2O2/c1-6(7-2,8-3)5(9)10-4/h2-3H,1,4H3/q+2. The number of ether oxygens (including phenoxy) is 1. The molecular weight excluding hydrogens is 132 g/mol. The molecule has 0 aliphatic rings. The Morgan fingerprint density at radius 1 is 1.50 bits per heavy atom. The van der Waals surface area contributed by atoms with Crippen LogP contribution in [0.3, 0.4) is 0 Å². The molecular formula is C6H8N2O2+2. The molecule has 0 aromatic heterocycles. The summed E-state index contributed by atoms with van der Waals surface area (Å²) in [5.74, 6) is -0.683. The maximum atomic E-state index is 10.7. The number of rotatable bonds is 1. The molecule has 10 heavy (non-hydrogen) atoms. The predicted molar refractivity (Wildman–Crippen MR) is 37.0 cm³/mol. The number of esters is 1. The fourth-order valence-electron chi connectivity index (χ4n) is 0.332. The molecule has 0 amide bonds. The second-order valence-corrected chi connectivity index (χ2v) is 1.77. The van der Waals surface area contributed by atoms with Crippen molar-refractivity contribution in [3.63, 3.8) is 0 Å². The van der Waals surface area contributed by atoms with Gasteiger partial charge in [0.2, 0.25) is 0 Å². The molecule has 0 unspecified atom stereocenters. The quantitative estimate of drug-likeness (QED) is 0.505. The fraction of sp³-hybridized carbons (Fsp3) is 0.500. The van der Waals surface area contributed by atoms with Gasteiger partial charge in [-0.25, -0.2) is 4.79 Å². The van der Waals surface area contributed by atoms with Crippen LogP contribution in [0.25, 0.3) is 9.69 Å². The van der Waals surface area contributed by atoms with Crippen LogP contribution in [0, 0.1) is 13.1 Å². The zero-order chi connectivity index (χ0) is 8.20. The molecule has 0 aliphatic carbocycles. The zero-order valence-electron chi connectivity index (χ0n) is 5.87. The minimum absolute atomic E-state index is 0.683. The minimum atomic E-state index is -1.46. The third kappa shape index (κ3) is 1.24. The number of carbonyl (C=O) groups is 1. The van der Waals surface area contributed by atoms with Gasteiger partial charge in [-0.15, -0.1) is 0 Å². The lowest BCUT2D eigenvalue weighted by molar-refractivity contribution is -0.143. The van der Waals surface area contributed by atoms with Gasteiger partial charge in [0, 0.05) is 9.69 Å². The molecule has 0 atom stereocenters. The maximum absolute atomic E-state index is 10.7. The molecule has 0 radical (unpaired) electrons. The Bertz CT molecular complexity index is 207. The summed E-state index contributed by atoms with van der Waals surface area (Å²) in [4.78, 5) is 17.0. The van der Waals surface area contributed by atoms with Crippen LogP contribution < -0.4 is 0 Å². The van der Waals surface area contributed by atoms with E-state index >= 15 is 0 Å². The van der Waals surface area contributed by atoms with Crippen LogP contribution in [0.5, 0.6) is 0 Å². The first-order chi connectivity index (χ1) is 4.60. The number of hydrogen-bond acceptors (Lipinski definition) is 2. The molecule has 0 heterocycles. The summed E-state index contributed by atoms with van der Waals surface area (Å²) in [6.45, 7) is 11.0. The molecule has 0 saturated heterocycles. The highest BCUT2D eigenvalue weighted by Crippen LogP contribution is 2.12. The lowest BCUT2D eigenvalue weighted by Gasteiger charge is -1.91. The van der Waals surface area contributed by atoms with E-state index in [0.717, 1.165) is 0 Å². The predicted octanol–water partition coefficient (Wildman–Crippen LogP) is 0.801. The summed E-state index contributed by atoms with van der Waals surface area (Å²) < 4.78 is 4.31. The zero-order valence-corrected chi connectivity index (χ0v) is 5.87. The van der Waals surface area contributed by atoms with Crippen molar-refractivity contribution >= 4 is 5.97 Å². The Morgan fingerprint density at radius 3 is 2.00 bits per heavy atom. The summed E-state index contributed by atoms with van der Waals surface area (Å²) in [6.07, 6.45) is 0. The third-order valence-electron chi connectivity index (χ3n) is 1.07. The molecule has 0 fully saturated rings. The highest BCUT2D eigenvalue weighted by Gasteiger charge is 2.57. The van der Waals surface area contributed by atoms with Gasteiger partial charge in [-0.1, -0.05) is 0 Å².